The fraction of sp³-hybridized carbons (Fsp3) is 0.409. The molecule has 0 radical (unpaired) electrons. The van der Waals surface area contributed by atoms with Crippen molar-refractivity contribution in [3.63, 3.8) is 0 Å². The van der Waals surface area contributed by atoms with E-state index in [0.717, 1.165) is 12.8 Å². The molecule has 3 fully saturated rings. The molecule has 3 aliphatic rings. The minimum atomic E-state index is -0.510. The van der Waals surface area contributed by atoms with Crippen LogP contribution in [0, 0.1) is 0 Å². The Bertz CT molecular complexity index is 1090. The number of benzene rings is 1. The largest absolute Gasteiger partial charge is 0.488 e. The average Bonchev–Trinajstić information content (AvgIpc) is 3.39. The van der Waals surface area contributed by atoms with Crippen LogP contribution in [0.5, 0.6) is 5.75 Å². The van der Waals surface area contributed by atoms with Gasteiger partial charge in [-0.3, -0.25) is 14.5 Å². The fourth-order valence-corrected chi connectivity index (χ4v) is 4.66. The SMILES string of the molecule is O=C(NCC1CN(c2ccc(N3CCOCC3=O)cc2OC2CC2)C(=O)O1)c1ccc(Cl)s1. The molecule has 0 bridgehead atoms. The molecule has 1 aromatic heterocycles. The van der Waals surface area contributed by atoms with Crippen LogP contribution in [0.3, 0.4) is 0 Å². The highest BCUT2D eigenvalue weighted by Crippen LogP contribution is 2.39. The number of cyclic esters (lactones) is 1. The van der Waals surface area contributed by atoms with Crippen LogP contribution in [0.1, 0.15) is 22.5 Å². The van der Waals surface area contributed by atoms with Crippen LogP contribution in [0.4, 0.5) is 16.2 Å². The molecule has 1 unspecified atom stereocenters. The van der Waals surface area contributed by atoms with E-state index in [0.29, 0.717) is 39.5 Å². The summed E-state index contributed by atoms with van der Waals surface area (Å²) >= 11 is 7.07. The zero-order valence-electron chi connectivity index (χ0n) is 17.6. The Hall–Kier alpha value is -2.82. The van der Waals surface area contributed by atoms with E-state index in [2.05, 4.69) is 5.32 Å². The maximum Gasteiger partial charge on any atom is 0.414 e. The number of carbonyl (C=O) groups is 3. The van der Waals surface area contributed by atoms with Crippen molar-refractivity contribution in [2.45, 2.75) is 25.0 Å². The lowest BCUT2D eigenvalue weighted by molar-refractivity contribution is -0.125. The maximum atomic E-state index is 12.6. The van der Waals surface area contributed by atoms with Crippen LogP contribution in [0.15, 0.2) is 30.3 Å². The third kappa shape index (κ3) is 4.92. The number of anilines is 2. The van der Waals surface area contributed by atoms with Crippen molar-refractivity contribution in [2.24, 2.45) is 0 Å². The lowest BCUT2D eigenvalue weighted by atomic mass is 10.2. The van der Waals surface area contributed by atoms with Crippen molar-refractivity contribution in [3.05, 3.63) is 39.5 Å². The summed E-state index contributed by atoms with van der Waals surface area (Å²) in [5.41, 5.74) is 1.28. The van der Waals surface area contributed by atoms with Crippen LogP contribution in [0.2, 0.25) is 4.34 Å². The standard InChI is InChI=1S/C22H22ClN3O6S/c23-19-6-5-18(33-19)21(28)24-10-15-11-26(22(29)32-15)16-4-1-13(9-17(16)31-14-2-3-14)25-7-8-30-12-20(25)27/h1,4-6,9,14-15H,2-3,7-8,10-12H2,(H,24,28). The Morgan fingerprint density at radius 2 is 2.06 bits per heavy atom. The summed E-state index contributed by atoms with van der Waals surface area (Å²) in [5.74, 6) is 0.151. The van der Waals surface area contributed by atoms with Crippen LogP contribution < -0.4 is 19.9 Å². The van der Waals surface area contributed by atoms with Gasteiger partial charge in [0.1, 0.15) is 18.5 Å². The molecule has 2 aromatic rings. The average molecular weight is 492 g/mol. The smallest absolute Gasteiger partial charge is 0.414 e. The number of nitrogens with one attached hydrogen (secondary N) is 1. The molecule has 2 saturated heterocycles. The Kier molecular flexibility index (Phi) is 6.13. The molecule has 1 saturated carbocycles. The van der Waals surface area contributed by atoms with Crippen molar-refractivity contribution >= 4 is 52.2 Å². The normalized spacial score (nSPS) is 20.7. The van der Waals surface area contributed by atoms with Gasteiger partial charge >= 0.3 is 6.09 Å². The first-order valence-electron chi connectivity index (χ1n) is 10.7. The molecule has 11 heteroatoms. The number of ether oxygens (including phenoxy) is 3. The predicted octanol–water partition coefficient (Wildman–Crippen LogP) is 3.06. The topological polar surface area (TPSA) is 97.4 Å². The van der Waals surface area contributed by atoms with E-state index in [9.17, 15) is 14.4 Å². The highest BCUT2D eigenvalue weighted by Gasteiger charge is 2.36. The molecule has 9 nitrogen and oxygen atoms in total. The van der Waals surface area contributed by atoms with Gasteiger partial charge in [-0.2, -0.15) is 0 Å². The van der Waals surface area contributed by atoms with Gasteiger partial charge in [0.2, 0.25) is 0 Å². The van der Waals surface area contributed by atoms with Crippen molar-refractivity contribution in [2.75, 3.05) is 42.6 Å². The van der Waals surface area contributed by atoms with Crippen molar-refractivity contribution in [1.82, 2.24) is 5.32 Å². The van der Waals surface area contributed by atoms with Crippen molar-refractivity contribution in [1.29, 1.82) is 0 Å². The van der Waals surface area contributed by atoms with Crippen LogP contribution in [0.25, 0.3) is 0 Å². The maximum absolute atomic E-state index is 12.6. The number of amides is 3. The zero-order valence-corrected chi connectivity index (χ0v) is 19.2. The first-order valence-corrected chi connectivity index (χ1v) is 11.9. The predicted molar refractivity (Wildman–Crippen MR) is 123 cm³/mol. The number of nitrogens with zero attached hydrogens (tertiary/aromatic N) is 2. The molecule has 33 heavy (non-hydrogen) atoms. The minimum Gasteiger partial charge on any atom is -0.488 e. The second kappa shape index (κ2) is 9.20. The van der Waals surface area contributed by atoms with Gasteiger partial charge in [-0.1, -0.05) is 11.6 Å². The summed E-state index contributed by atoms with van der Waals surface area (Å²) in [4.78, 5) is 40.8. The summed E-state index contributed by atoms with van der Waals surface area (Å²) < 4.78 is 17.3. The molecule has 2 aliphatic heterocycles. The summed E-state index contributed by atoms with van der Waals surface area (Å²) in [6.07, 6.45) is 0.985. The van der Waals surface area contributed by atoms with Crippen molar-refractivity contribution in [3.8, 4) is 5.75 Å². The van der Waals surface area contributed by atoms with Gasteiger partial charge in [-0.05, 0) is 37.1 Å². The second-order valence-electron chi connectivity index (χ2n) is 8.00. The van der Waals surface area contributed by atoms with E-state index < -0.39 is 12.2 Å². The highest BCUT2D eigenvalue weighted by molar-refractivity contribution is 7.18. The summed E-state index contributed by atoms with van der Waals surface area (Å²) in [6, 6.07) is 8.66. The van der Waals surface area contributed by atoms with Gasteiger partial charge in [0.15, 0.2) is 0 Å². The van der Waals surface area contributed by atoms with E-state index in [-0.39, 0.29) is 37.6 Å². The molecule has 5 rings (SSSR count). The molecule has 1 aromatic carbocycles. The molecule has 1 N–H and O–H groups in total. The van der Waals surface area contributed by atoms with Gasteiger partial charge in [-0.15, -0.1) is 11.3 Å². The molecule has 1 atom stereocenters. The Morgan fingerprint density at radius 3 is 2.79 bits per heavy atom. The Balaban J connectivity index is 1.29. The first kappa shape index (κ1) is 22.0. The molecule has 3 heterocycles. The van der Waals surface area contributed by atoms with E-state index in [1.54, 1.807) is 35.2 Å². The van der Waals surface area contributed by atoms with E-state index in [4.69, 9.17) is 25.8 Å². The summed E-state index contributed by atoms with van der Waals surface area (Å²) in [7, 11) is 0. The van der Waals surface area contributed by atoms with Gasteiger partial charge in [0.25, 0.3) is 11.8 Å². The van der Waals surface area contributed by atoms with E-state index >= 15 is 0 Å². The third-order valence-electron chi connectivity index (χ3n) is 5.51. The second-order valence-corrected chi connectivity index (χ2v) is 9.71. The van der Waals surface area contributed by atoms with Crippen LogP contribution in [-0.2, 0) is 14.3 Å². The lowest BCUT2D eigenvalue weighted by Gasteiger charge is -2.28. The van der Waals surface area contributed by atoms with Crippen LogP contribution >= 0.6 is 22.9 Å². The van der Waals surface area contributed by atoms with E-state index in [1.165, 1.54) is 16.2 Å². The first-order chi connectivity index (χ1) is 16.0. The number of hydrogen-bond donors (Lipinski definition) is 1. The fourth-order valence-electron chi connectivity index (χ4n) is 3.70. The van der Waals surface area contributed by atoms with Gasteiger partial charge in [-0.25, -0.2) is 4.79 Å². The van der Waals surface area contributed by atoms with Gasteiger partial charge < -0.3 is 24.4 Å². The zero-order chi connectivity index (χ0) is 22.9. The van der Waals surface area contributed by atoms with Gasteiger partial charge in [0, 0.05) is 18.3 Å². The Labute approximate surface area is 199 Å². The number of rotatable bonds is 7. The highest BCUT2D eigenvalue weighted by atomic mass is 35.5. The molecule has 1 aliphatic carbocycles. The molecule has 0 spiro atoms. The number of hydrogen-bond acceptors (Lipinski definition) is 7. The molecule has 174 valence electrons. The monoisotopic (exact) mass is 491 g/mol. The van der Waals surface area contributed by atoms with E-state index in [1.807, 2.05) is 0 Å². The minimum absolute atomic E-state index is 0.0457. The molecular weight excluding hydrogens is 470 g/mol. The van der Waals surface area contributed by atoms with Crippen molar-refractivity contribution < 1.29 is 28.6 Å². The number of morpholine rings is 1. The lowest BCUT2D eigenvalue weighted by Crippen LogP contribution is -2.41. The number of halogens is 1. The number of carbonyl (C=O) groups excluding carboxylic acids is 3. The van der Waals surface area contributed by atoms with Crippen LogP contribution in [-0.4, -0.2) is 63.0 Å². The third-order valence-corrected chi connectivity index (χ3v) is 6.74. The summed E-state index contributed by atoms with van der Waals surface area (Å²) in [5, 5.41) is 2.78. The Morgan fingerprint density at radius 1 is 1.21 bits per heavy atom. The van der Waals surface area contributed by atoms with Gasteiger partial charge in [0.05, 0.1) is 40.7 Å². The molecule has 3 amide bonds. The number of thiophene rings is 1. The quantitative estimate of drug-likeness (QED) is 0.639. The summed E-state index contributed by atoms with van der Waals surface area (Å²) in [6.45, 7) is 1.42. The molecular formula is C22H22ClN3O6S.